The van der Waals surface area contributed by atoms with E-state index in [9.17, 15) is 13.2 Å². The molecular formula is C13H20F3N3O. The topological polar surface area (TPSA) is 51.4 Å². The van der Waals surface area contributed by atoms with Crippen molar-refractivity contribution in [2.45, 2.75) is 32.6 Å². The molecule has 2 N–H and O–H groups in total. The molecule has 1 heterocycles. The Bertz CT molecular complexity index is 437. The molecule has 0 amide bonds. The molecule has 0 aliphatic heterocycles. The summed E-state index contributed by atoms with van der Waals surface area (Å²) in [5.41, 5.74) is 5.27. The standard InChI is InChI=1S/C13H20F3N3O/c1-4-19(9(2)8-20-3)12-10(7-17)5-6-11(18-12)13(14,15)16/h5-6,9H,4,7-8,17H2,1-3H3. The molecule has 1 atom stereocenters. The number of methoxy groups -OCH3 is 1. The molecule has 20 heavy (non-hydrogen) atoms. The van der Waals surface area contributed by atoms with Crippen LogP contribution in [-0.2, 0) is 17.5 Å². The van der Waals surface area contributed by atoms with Gasteiger partial charge in [0.25, 0.3) is 0 Å². The highest BCUT2D eigenvalue weighted by Crippen LogP contribution is 2.31. The molecule has 0 radical (unpaired) electrons. The molecule has 0 bridgehead atoms. The molecule has 114 valence electrons. The van der Waals surface area contributed by atoms with Crippen molar-refractivity contribution >= 4 is 5.82 Å². The minimum absolute atomic E-state index is 0.0914. The first-order valence-electron chi connectivity index (χ1n) is 6.37. The molecule has 1 unspecified atom stereocenters. The van der Waals surface area contributed by atoms with E-state index in [4.69, 9.17) is 10.5 Å². The van der Waals surface area contributed by atoms with Gasteiger partial charge in [0, 0.05) is 25.8 Å². The Morgan fingerprint density at radius 3 is 2.50 bits per heavy atom. The molecular weight excluding hydrogens is 271 g/mol. The van der Waals surface area contributed by atoms with Crippen LogP contribution >= 0.6 is 0 Å². The molecule has 0 aliphatic rings. The van der Waals surface area contributed by atoms with Crippen molar-refractivity contribution in [1.82, 2.24) is 4.98 Å². The SMILES string of the molecule is CCN(c1nc(C(F)(F)F)ccc1CN)C(C)COC. The third-order valence-corrected chi connectivity index (χ3v) is 3.02. The summed E-state index contributed by atoms with van der Waals surface area (Å²) in [6, 6.07) is 2.25. The number of halogens is 3. The number of pyridine rings is 1. The molecule has 0 fully saturated rings. The molecule has 1 aromatic rings. The number of anilines is 1. The van der Waals surface area contributed by atoms with Crippen LogP contribution in [0.3, 0.4) is 0 Å². The number of hydrogen-bond acceptors (Lipinski definition) is 4. The van der Waals surface area contributed by atoms with Gasteiger partial charge in [-0.05, 0) is 19.9 Å². The highest BCUT2D eigenvalue weighted by Gasteiger charge is 2.33. The lowest BCUT2D eigenvalue weighted by Crippen LogP contribution is -2.38. The van der Waals surface area contributed by atoms with Gasteiger partial charge in [-0.1, -0.05) is 6.07 Å². The minimum atomic E-state index is -4.47. The first-order valence-corrected chi connectivity index (χ1v) is 6.37. The third-order valence-electron chi connectivity index (χ3n) is 3.02. The van der Waals surface area contributed by atoms with Crippen molar-refractivity contribution in [3.63, 3.8) is 0 Å². The molecule has 0 saturated carbocycles. The van der Waals surface area contributed by atoms with Crippen LogP contribution in [0.2, 0.25) is 0 Å². The van der Waals surface area contributed by atoms with Crippen LogP contribution in [0, 0.1) is 0 Å². The normalized spacial score (nSPS) is 13.3. The number of ether oxygens (including phenoxy) is 1. The maximum atomic E-state index is 12.8. The smallest absolute Gasteiger partial charge is 0.383 e. The van der Waals surface area contributed by atoms with Gasteiger partial charge in [0.2, 0.25) is 0 Å². The summed E-state index contributed by atoms with van der Waals surface area (Å²) in [7, 11) is 1.55. The predicted octanol–water partition coefficient (Wildman–Crippen LogP) is 2.42. The van der Waals surface area contributed by atoms with E-state index in [1.54, 1.807) is 12.0 Å². The van der Waals surface area contributed by atoms with E-state index >= 15 is 0 Å². The Hall–Kier alpha value is -1.34. The fourth-order valence-corrected chi connectivity index (χ4v) is 2.04. The second-order valence-electron chi connectivity index (χ2n) is 4.47. The summed E-state index contributed by atoms with van der Waals surface area (Å²) < 4.78 is 43.4. The van der Waals surface area contributed by atoms with Crippen molar-refractivity contribution in [1.29, 1.82) is 0 Å². The van der Waals surface area contributed by atoms with E-state index in [2.05, 4.69) is 4.98 Å². The number of hydrogen-bond donors (Lipinski definition) is 1. The zero-order chi connectivity index (χ0) is 15.3. The largest absolute Gasteiger partial charge is 0.433 e. The number of alkyl halides is 3. The van der Waals surface area contributed by atoms with E-state index in [1.807, 2.05) is 13.8 Å². The number of aromatic nitrogens is 1. The minimum Gasteiger partial charge on any atom is -0.383 e. The summed E-state index contributed by atoms with van der Waals surface area (Å²) >= 11 is 0. The maximum Gasteiger partial charge on any atom is 0.433 e. The van der Waals surface area contributed by atoms with Gasteiger partial charge in [-0.15, -0.1) is 0 Å². The number of nitrogens with zero attached hydrogens (tertiary/aromatic N) is 2. The first kappa shape index (κ1) is 16.7. The molecule has 0 aromatic carbocycles. The van der Waals surface area contributed by atoms with E-state index in [0.29, 0.717) is 18.7 Å². The molecule has 1 aromatic heterocycles. The number of nitrogens with two attached hydrogens (primary N) is 1. The molecule has 0 aliphatic carbocycles. The van der Waals surface area contributed by atoms with Crippen LogP contribution in [0.5, 0.6) is 0 Å². The summed E-state index contributed by atoms with van der Waals surface area (Å²) in [5.74, 6) is 0.273. The summed E-state index contributed by atoms with van der Waals surface area (Å²) in [5, 5.41) is 0. The second kappa shape index (κ2) is 6.90. The Kier molecular flexibility index (Phi) is 5.76. The van der Waals surface area contributed by atoms with Gasteiger partial charge in [0.15, 0.2) is 0 Å². The maximum absolute atomic E-state index is 12.8. The Balaban J connectivity index is 3.24. The lowest BCUT2D eigenvalue weighted by Gasteiger charge is -2.30. The monoisotopic (exact) mass is 291 g/mol. The Labute approximate surface area is 116 Å². The fraction of sp³-hybridized carbons (Fsp3) is 0.615. The number of likely N-dealkylation sites (N-methyl/N-ethyl adjacent to an activating group) is 1. The van der Waals surface area contributed by atoms with Crippen molar-refractivity contribution in [3.05, 3.63) is 23.4 Å². The van der Waals surface area contributed by atoms with Crippen molar-refractivity contribution in [3.8, 4) is 0 Å². The van der Waals surface area contributed by atoms with Crippen LogP contribution in [0.25, 0.3) is 0 Å². The molecule has 7 heteroatoms. The van der Waals surface area contributed by atoms with Gasteiger partial charge in [-0.3, -0.25) is 0 Å². The summed E-state index contributed by atoms with van der Waals surface area (Å²) in [4.78, 5) is 5.52. The molecule has 0 saturated heterocycles. The van der Waals surface area contributed by atoms with Gasteiger partial charge < -0.3 is 15.4 Å². The van der Waals surface area contributed by atoms with E-state index in [0.717, 1.165) is 6.07 Å². The fourth-order valence-electron chi connectivity index (χ4n) is 2.04. The summed E-state index contributed by atoms with van der Waals surface area (Å²) in [6.45, 7) is 4.78. The van der Waals surface area contributed by atoms with Crippen molar-refractivity contribution in [2.75, 3.05) is 25.2 Å². The zero-order valence-corrected chi connectivity index (χ0v) is 11.9. The number of rotatable bonds is 6. The van der Waals surface area contributed by atoms with Gasteiger partial charge in [-0.2, -0.15) is 13.2 Å². The predicted molar refractivity (Wildman–Crippen MR) is 71.5 cm³/mol. The van der Waals surface area contributed by atoms with E-state index in [1.165, 1.54) is 6.07 Å². The van der Waals surface area contributed by atoms with Crippen LogP contribution in [0.4, 0.5) is 19.0 Å². The van der Waals surface area contributed by atoms with Crippen molar-refractivity contribution < 1.29 is 17.9 Å². The van der Waals surface area contributed by atoms with Gasteiger partial charge in [-0.25, -0.2) is 4.98 Å². The van der Waals surface area contributed by atoms with Crippen molar-refractivity contribution in [2.24, 2.45) is 5.73 Å². The van der Waals surface area contributed by atoms with Crippen LogP contribution in [0.1, 0.15) is 25.1 Å². The van der Waals surface area contributed by atoms with E-state index < -0.39 is 11.9 Å². The third kappa shape index (κ3) is 3.83. The summed E-state index contributed by atoms with van der Waals surface area (Å²) in [6.07, 6.45) is -4.47. The average Bonchev–Trinajstić information content (AvgIpc) is 2.38. The molecule has 0 spiro atoms. The van der Waals surface area contributed by atoms with E-state index in [-0.39, 0.29) is 18.4 Å². The van der Waals surface area contributed by atoms with Crippen LogP contribution in [0.15, 0.2) is 12.1 Å². The Morgan fingerprint density at radius 2 is 2.05 bits per heavy atom. The van der Waals surface area contributed by atoms with Gasteiger partial charge >= 0.3 is 6.18 Å². The molecule has 1 rings (SSSR count). The highest BCUT2D eigenvalue weighted by molar-refractivity contribution is 5.49. The lowest BCUT2D eigenvalue weighted by atomic mass is 10.2. The van der Waals surface area contributed by atoms with Gasteiger partial charge in [0.1, 0.15) is 11.5 Å². The van der Waals surface area contributed by atoms with Crippen LogP contribution in [-0.4, -0.2) is 31.3 Å². The highest BCUT2D eigenvalue weighted by atomic mass is 19.4. The first-order chi connectivity index (χ1) is 9.35. The van der Waals surface area contributed by atoms with Gasteiger partial charge in [0.05, 0.1) is 12.6 Å². The second-order valence-corrected chi connectivity index (χ2v) is 4.47. The quantitative estimate of drug-likeness (QED) is 0.874. The Morgan fingerprint density at radius 1 is 1.40 bits per heavy atom. The van der Waals surface area contributed by atoms with Crippen LogP contribution < -0.4 is 10.6 Å². The zero-order valence-electron chi connectivity index (χ0n) is 11.9. The lowest BCUT2D eigenvalue weighted by molar-refractivity contribution is -0.141. The molecule has 4 nitrogen and oxygen atoms in total. The average molecular weight is 291 g/mol.